The van der Waals surface area contributed by atoms with Crippen molar-refractivity contribution in [3.8, 4) is 17.6 Å². The number of nitrogens with zero attached hydrogens (tertiary/aromatic N) is 2. The number of esters is 3. The summed E-state index contributed by atoms with van der Waals surface area (Å²) < 4.78 is 75.8. The van der Waals surface area contributed by atoms with Crippen molar-refractivity contribution in [1.29, 1.82) is 5.26 Å². The van der Waals surface area contributed by atoms with Crippen molar-refractivity contribution in [2.24, 2.45) is 0 Å². The quantitative estimate of drug-likeness (QED) is 0.0206. The summed E-state index contributed by atoms with van der Waals surface area (Å²) in [5, 5.41) is 15.2. The molecule has 10 atom stereocenters. The number of benzene rings is 3. The number of methoxy groups -OCH3 is 3. The van der Waals surface area contributed by atoms with Gasteiger partial charge in [-0.05, 0) is 94.3 Å². The zero-order valence-electron chi connectivity index (χ0n) is 47.9. The van der Waals surface area contributed by atoms with Gasteiger partial charge in [-0.15, -0.1) is 0 Å². The largest absolute Gasteiger partial charge is 0.497 e. The third kappa shape index (κ3) is 18.4. The molecule has 0 radical (unpaired) electrons. The molecule has 1 unspecified atom stereocenters. The average molecular weight is 1140 g/mol. The van der Waals surface area contributed by atoms with E-state index >= 15 is 0 Å². The zero-order valence-corrected chi connectivity index (χ0v) is 48.8. The second-order valence-corrected chi connectivity index (χ2v) is 21.3. The first-order chi connectivity index (χ1) is 38.4. The van der Waals surface area contributed by atoms with Gasteiger partial charge < -0.3 is 67.0 Å². The van der Waals surface area contributed by atoms with Crippen LogP contribution in [0, 0.1) is 11.3 Å². The van der Waals surface area contributed by atoms with Gasteiger partial charge in [0.1, 0.15) is 54.2 Å². The van der Waals surface area contributed by atoms with Crippen LogP contribution < -0.4 is 20.1 Å². The monoisotopic (exact) mass is 1140 g/mol. The van der Waals surface area contributed by atoms with E-state index in [4.69, 9.17) is 56.4 Å². The van der Waals surface area contributed by atoms with E-state index in [1.165, 1.54) is 13.8 Å². The Morgan fingerprint density at radius 1 is 0.688 bits per heavy atom. The Morgan fingerprint density at radius 2 is 1.27 bits per heavy atom. The lowest BCUT2D eigenvalue weighted by atomic mass is 9.80. The Hall–Kier alpha value is -5.79. The molecule has 80 heavy (non-hydrogen) atoms. The topological polar surface area (TPSA) is 247 Å². The summed E-state index contributed by atoms with van der Waals surface area (Å²) in [5.41, 5.74) is 1.38. The molecule has 2 aliphatic rings. The van der Waals surface area contributed by atoms with Crippen molar-refractivity contribution in [2.75, 3.05) is 54.3 Å². The first kappa shape index (κ1) is 65.0. The number of hydrogen-bond donors (Lipinski definition) is 2. The minimum atomic E-state index is -1.75. The van der Waals surface area contributed by atoms with Crippen molar-refractivity contribution >= 4 is 38.2 Å². The second kappa shape index (κ2) is 32.6. The van der Waals surface area contributed by atoms with E-state index in [9.17, 15) is 29.2 Å². The zero-order chi connectivity index (χ0) is 58.4. The number of carbonyl (C=O) groups excluding carboxylic acids is 5. The Bertz CT molecular complexity index is 2390. The number of amides is 2. The Labute approximate surface area is 471 Å². The molecule has 2 heterocycles. The van der Waals surface area contributed by atoms with Crippen molar-refractivity contribution in [3.05, 3.63) is 95.6 Å². The molecule has 22 heteroatoms. The van der Waals surface area contributed by atoms with Gasteiger partial charge in [-0.3, -0.25) is 24.0 Å². The van der Waals surface area contributed by atoms with E-state index in [-0.39, 0.29) is 57.3 Å². The van der Waals surface area contributed by atoms with Crippen LogP contribution in [-0.4, -0.2) is 156 Å². The fourth-order valence-electron chi connectivity index (χ4n) is 9.90. The highest BCUT2D eigenvalue weighted by Crippen LogP contribution is 2.50. The Morgan fingerprint density at radius 3 is 1.81 bits per heavy atom. The number of nitrogens with one attached hydrogen (secondary N) is 2. The van der Waals surface area contributed by atoms with Gasteiger partial charge in [0, 0.05) is 66.5 Å². The highest BCUT2D eigenvalue weighted by atomic mass is 31.2. The molecule has 0 saturated carbocycles. The molecular formula is C58H81N4O17P. The van der Waals surface area contributed by atoms with E-state index in [1.54, 1.807) is 21.3 Å². The summed E-state index contributed by atoms with van der Waals surface area (Å²) in [6.07, 6.45) is -5.14. The minimum absolute atomic E-state index is 0.0227. The van der Waals surface area contributed by atoms with Crippen molar-refractivity contribution in [1.82, 2.24) is 15.3 Å². The van der Waals surface area contributed by atoms with Crippen LogP contribution in [0.1, 0.15) is 111 Å². The number of rotatable bonds is 32. The van der Waals surface area contributed by atoms with Crippen molar-refractivity contribution in [3.63, 3.8) is 0 Å². The van der Waals surface area contributed by atoms with Crippen LogP contribution in [0.25, 0.3) is 0 Å². The lowest BCUT2D eigenvalue weighted by Crippen LogP contribution is -2.66. The molecule has 0 bridgehead atoms. The van der Waals surface area contributed by atoms with Crippen molar-refractivity contribution < 1.29 is 80.4 Å². The molecule has 2 fully saturated rings. The van der Waals surface area contributed by atoms with Gasteiger partial charge in [0.15, 0.2) is 18.5 Å². The molecule has 2 saturated heterocycles. The van der Waals surface area contributed by atoms with Crippen molar-refractivity contribution in [2.45, 2.75) is 167 Å². The van der Waals surface area contributed by atoms with E-state index < -0.39 is 93.0 Å². The van der Waals surface area contributed by atoms with E-state index in [1.807, 2.05) is 78.9 Å². The third-order valence-electron chi connectivity index (χ3n) is 13.3. The molecule has 0 aliphatic carbocycles. The number of carbonyl (C=O) groups is 5. The van der Waals surface area contributed by atoms with Gasteiger partial charge in [0.25, 0.3) is 8.53 Å². The van der Waals surface area contributed by atoms with Gasteiger partial charge in [0.05, 0.1) is 46.0 Å². The predicted octanol–water partition coefficient (Wildman–Crippen LogP) is 7.20. The molecule has 2 aliphatic heterocycles. The summed E-state index contributed by atoms with van der Waals surface area (Å²) in [6.45, 7) is 13.3. The van der Waals surface area contributed by atoms with Gasteiger partial charge in [-0.1, -0.05) is 54.6 Å². The standard InChI is InChI=1S/C58H81N4O17P/c1-37(2)62(38(3)4)80(74-34-18-31-59)79-55-50(36-73-58(43-19-13-12-14-20-43,44-23-27-46(68-9)28-24-44)45-25-29-47(69-10)30-26-45)77-48(53(55)70-11)21-17-32-60-51(67)22-15-16-33-71-57-52(61-39(5)63)56(76-42(8)66)54(75-41(7)65)49(78-57)35-72-40(6)64/h12-14,19-20,23-30,37-38,48-50,52-57H,15-18,21-22,32-36H2,1-11H3,(H,60,67)(H,61,63)/t48-,49-,50-,52-,53+,54+,55-,56-,57-,80?/m1/s1. The maximum absolute atomic E-state index is 13.2. The molecule has 5 rings (SSSR count). The summed E-state index contributed by atoms with van der Waals surface area (Å²) >= 11 is 0. The van der Waals surface area contributed by atoms with Crippen LogP contribution >= 0.6 is 8.53 Å². The summed E-state index contributed by atoms with van der Waals surface area (Å²) in [5.74, 6) is -1.37. The highest BCUT2D eigenvalue weighted by molar-refractivity contribution is 7.44. The van der Waals surface area contributed by atoms with Gasteiger partial charge in [0.2, 0.25) is 11.8 Å². The molecule has 21 nitrogen and oxygen atoms in total. The molecule has 2 N–H and O–H groups in total. The minimum Gasteiger partial charge on any atom is -0.497 e. The van der Waals surface area contributed by atoms with Crippen LogP contribution in [0.15, 0.2) is 78.9 Å². The van der Waals surface area contributed by atoms with Crippen LogP contribution in [0.5, 0.6) is 11.5 Å². The number of nitriles is 1. The van der Waals surface area contributed by atoms with Crippen LogP contribution in [-0.2, 0) is 76.5 Å². The van der Waals surface area contributed by atoms with Gasteiger partial charge >= 0.3 is 17.9 Å². The maximum atomic E-state index is 13.2. The third-order valence-corrected chi connectivity index (χ3v) is 15.5. The SMILES string of the molecule is COc1ccc(C(OC[C@H]2O[C@H](CCCNC(=O)CCCCO[C@@H]3O[C@H](COC(C)=O)[C@H](OC(C)=O)[C@H](OC(C)=O)[C@H]3NC(C)=O)[C@H](OC)[C@@H]2OP(OCCC#N)N(C(C)C)C(C)C)(c2ccccc2)c2ccc(OC)cc2)cc1. The Kier molecular flexibility index (Phi) is 26.5. The van der Waals surface area contributed by atoms with Crippen LogP contribution in [0.3, 0.4) is 0 Å². The van der Waals surface area contributed by atoms with Crippen LogP contribution in [0.2, 0.25) is 0 Å². The maximum Gasteiger partial charge on any atom is 0.303 e. The summed E-state index contributed by atoms with van der Waals surface area (Å²) in [6, 6.07) is 26.6. The average Bonchev–Trinajstić information content (AvgIpc) is 3.76. The molecule has 0 spiro atoms. The van der Waals surface area contributed by atoms with Crippen LogP contribution in [0.4, 0.5) is 0 Å². The lowest BCUT2D eigenvalue weighted by molar-refractivity contribution is -0.277. The van der Waals surface area contributed by atoms with E-state index in [0.29, 0.717) is 43.7 Å². The fourth-order valence-corrected chi connectivity index (χ4v) is 11.7. The molecular weight excluding hydrogens is 1060 g/mol. The van der Waals surface area contributed by atoms with Gasteiger partial charge in [-0.25, -0.2) is 4.67 Å². The van der Waals surface area contributed by atoms with Gasteiger partial charge in [-0.2, -0.15) is 5.26 Å². The summed E-state index contributed by atoms with van der Waals surface area (Å²) in [4.78, 5) is 61.7. The van der Waals surface area contributed by atoms with E-state index in [0.717, 1.165) is 30.5 Å². The second-order valence-electron chi connectivity index (χ2n) is 19.9. The molecule has 440 valence electrons. The molecule has 3 aromatic rings. The summed E-state index contributed by atoms with van der Waals surface area (Å²) in [7, 11) is 3.12. The first-order valence-corrected chi connectivity index (χ1v) is 28.2. The Balaban J connectivity index is 1.31. The number of unbranched alkanes of at least 4 members (excludes halogenated alkanes) is 1. The predicted molar refractivity (Wildman–Crippen MR) is 294 cm³/mol. The number of hydrogen-bond acceptors (Lipinski definition) is 19. The number of ether oxygens (including phenoxy) is 10. The molecule has 0 aromatic heterocycles. The first-order valence-electron chi connectivity index (χ1n) is 27.1. The highest BCUT2D eigenvalue weighted by Gasteiger charge is 2.52. The molecule has 3 aromatic carbocycles. The smallest absolute Gasteiger partial charge is 0.303 e. The lowest BCUT2D eigenvalue weighted by Gasteiger charge is -2.44. The molecule has 2 amide bonds. The normalized spacial score (nSPS) is 22.3. The fraction of sp³-hybridized carbons (Fsp3) is 0.586. The van der Waals surface area contributed by atoms with E-state index in [2.05, 4.69) is 49.1 Å².